The highest BCUT2D eigenvalue weighted by Gasteiger charge is 2.43. The second-order valence-electron chi connectivity index (χ2n) is 5.00. The molecule has 2 unspecified atom stereocenters. The van der Waals surface area contributed by atoms with Crippen molar-refractivity contribution in [3.05, 3.63) is 35.6 Å². The Kier molecular flexibility index (Phi) is 3.75. The molecule has 1 amide bonds. The molecule has 1 aliphatic heterocycles. The Morgan fingerprint density at radius 3 is 2.75 bits per heavy atom. The summed E-state index contributed by atoms with van der Waals surface area (Å²) in [6.45, 7) is 5.16. The zero-order chi connectivity index (χ0) is 15.1. The molecule has 0 aromatic heterocycles. The van der Waals surface area contributed by atoms with Crippen molar-refractivity contribution in [2.75, 3.05) is 7.11 Å². The monoisotopic (exact) mass is 297 g/mol. The Morgan fingerprint density at radius 2 is 2.25 bits per heavy atom. The molecule has 0 aromatic carbocycles. The van der Waals surface area contributed by atoms with Crippen molar-refractivity contribution in [1.29, 1.82) is 0 Å². The summed E-state index contributed by atoms with van der Waals surface area (Å²) in [7, 11) is 1.49. The zero-order valence-electron chi connectivity index (χ0n) is 11.4. The summed E-state index contributed by atoms with van der Waals surface area (Å²) >= 11 is 6.23. The van der Waals surface area contributed by atoms with Crippen LogP contribution in [0, 0.1) is 0 Å². The topological polar surface area (TPSA) is 66.8 Å². The summed E-state index contributed by atoms with van der Waals surface area (Å²) in [5, 5.41) is 8.34. The first kappa shape index (κ1) is 14.8. The summed E-state index contributed by atoms with van der Waals surface area (Å²) in [5.74, 6) is -1.42. The van der Waals surface area contributed by atoms with Crippen molar-refractivity contribution in [1.82, 2.24) is 4.90 Å². The summed E-state index contributed by atoms with van der Waals surface area (Å²) in [5.41, 5.74) is 1.71. The maximum atomic E-state index is 12.2. The van der Waals surface area contributed by atoms with Crippen LogP contribution in [0.3, 0.4) is 0 Å². The van der Waals surface area contributed by atoms with Gasteiger partial charge in [0, 0.05) is 31.2 Å². The lowest BCUT2D eigenvalue weighted by Crippen LogP contribution is -2.41. The van der Waals surface area contributed by atoms with E-state index in [1.807, 2.05) is 0 Å². The highest BCUT2D eigenvalue weighted by atomic mass is 35.5. The van der Waals surface area contributed by atoms with Gasteiger partial charge in [-0.1, -0.05) is 18.2 Å². The highest BCUT2D eigenvalue weighted by molar-refractivity contribution is 6.24. The summed E-state index contributed by atoms with van der Waals surface area (Å²) in [6, 6.07) is -0.912. The standard InChI is InChI=1S/C14H16ClNO4/c1-8(2)12(17)16-10-4-5-14(15,20-3)7-9(10)6-11(16)13(18)19/h4-5,11H,1,6-7H2,2-3H3,(H,18,19). The maximum Gasteiger partial charge on any atom is 0.327 e. The summed E-state index contributed by atoms with van der Waals surface area (Å²) in [4.78, 5) is 24.8. The van der Waals surface area contributed by atoms with Gasteiger partial charge in [0.05, 0.1) is 0 Å². The largest absolute Gasteiger partial charge is 0.480 e. The van der Waals surface area contributed by atoms with E-state index in [4.69, 9.17) is 16.3 Å². The lowest BCUT2D eigenvalue weighted by atomic mass is 9.98. The number of methoxy groups -OCH3 is 1. The van der Waals surface area contributed by atoms with Crippen LogP contribution in [0.1, 0.15) is 19.8 Å². The maximum absolute atomic E-state index is 12.2. The average molecular weight is 298 g/mol. The van der Waals surface area contributed by atoms with Crippen LogP contribution in [0.2, 0.25) is 0 Å². The van der Waals surface area contributed by atoms with Crippen LogP contribution in [0.5, 0.6) is 0 Å². The predicted molar refractivity (Wildman–Crippen MR) is 74.1 cm³/mol. The number of carbonyl (C=O) groups excluding carboxylic acids is 1. The molecule has 108 valence electrons. The average Bonchev–Trinajstić information content (AvgIpc) is 2.75. The minimum Gasteiger partial charge on any atom is -0.480 e. The second-order valence-corrected chi connectivity index (χ2v) is 5.64. The number of halogens is 1. The minimum atomic E-state index is -1.04. The second kappa shape index (κ2) is 5.07. The van der Waals surface area contributed by atoms with E-state index in [2.05, 4.69) is 6.58 Å². The Hall–Kier alpha value is -1.59. The number of hydrogen-bond donors (Lipinski definition) is 1. The third-order valence-electron chi connectivity index (χ3n) is 3.53. The quantitative estimate of drug-likeness (QED) is 0.639. The van der Waals surface area contributed by atoms with Gasteiger partial charge in [0.25, 0.3) is 5.91 Å². The Balaban J connectivity index is 2.38. The van der Waals surface area contributed by atoms with E-state index >= 15 is 0 Å². The van der Waals surface area contributed by atoms with Gasteiger partial charge in [0.1, 0.15) is 6.04 Å². The Morgan fingerprint density at radius 1 is 1.60 bits per heavy atom. The van der Waals surface area contributed by atoms with Gasteiger partial charge in [-0.3, -0.25) is 9.69 Å². The van der Waals surface area contributed by atoms with Crippen LogP contribution in [-0.2, 0) is 14.3 Å². The molecule has 0 fully saturated rings. The number of allylic oxidation sites excluding steroid dienone is 1. The number of hydrogen-bond acceptors (Lipinski definition) is 3. The van der Waals surface area contributed by atoms with Crippen LogP contribution < -0.4 is 0 Å². The van der Waals surface area contributed by atoms with E-state index in [1.54, 1.807) is 19.1 Å². The lowest BCUT2D eigenvalue weighted by molar-refractivity contribution is -0.146. The van der Waals surface area contributed by atoms with Gasteiger partial charge in [-0.05, 0) is 24.6 Å². The molecule has 1 aliphatic carbocycles. The van der Waals surface area contributed by atoms with Gasteiger partial charge in [0.15, 0.2) is 5.06 Å². The van der Waals surface area contributed by atoms with Crippen molar-refractivity contribution in [3.8, 4) is 0 Å². The third kappa shape index (κ3) is 2.39. The molecule has 20 heavy (non-hydrogen) atoms. The normalized spacial score (nSPS) is 28.6. The van der Waals surface area contributed by atoms with Crippen molar-refractivity contribution >= 4 is 23.5 Å². The summed E-state index contributed by atoms with van der Waals surface area (Å²) < 4.78 is 5.20. The highest BCUT2D eigenvalue weighted by Crippen LogP contribution is 2.42. The molecule has 0 saturated carbocycles. The first-order valence-corrected chi connectivity index (χ1v) is 6.54. The number of carboxylic acid groups (broad SMARTS) is 1. The fourth-order valence-electron chi connectivity index (χ4n) is 2.48. The van der Waals surface area contributed by atoms with Gasteiger partial charge in [-0.25, -0.2) is 4.79 Å². The van der Waals surface area contributed by atoms with Crippen LogP contribution in [0.25, 0.3) is 0 Å². The van der Waals surface area contributed by atoms with Crippen LogP contribution in [0.15, 0.2) is 35.6 Å². The predicted octanol–water partition coefficient (Wildman–Crippen LogP) is 2.04. The van der Waals surface area contributed by atoms with Crippen LogP contribution in [0.4, 0.5) is 0 Å². The van der Waals surface area contributed by atoms with Gasteiger partial charge in [0.2, 0.25) is 0 Å². The van der Waals surface area contributed by atoms with E-state index in [9.17, 15) is 14.7 Å². The number of ether oxygens (including phenoxy) is 1. The molecule has 1 heterocycles. The van der Waals surface area contributed by atoms with E-state index < -0.39 is 17.1 Å². The molecule has 2 rings (SSSR count). The molecule has 2 aliphatic rings. The fourth-order valence-corrected chi connectivity index (χ4v) is 2.70. The number of amides is 1. The number of nitrogens with zero attached hydrogens (tertiary/aromatic N) is 1. The van der Waals surface area contributed by atoms with Crippen molar-refractivity contribution in [3.63, 3.8) is 0 Å². The molecular formula is C14H16ClNO4. The SMILES string of the molecule is C=C(C)C(=O)N1C2=C(CC1C(=O)O)CC(Cl)(OC)C=C2. The van der Waals surface area contributed by atoms with Gasteiger partial charge in [-0.2, -0.15) is 0 Å². The minimum absolute atomic E-state index is 0.256. The molecule has 0 spiro atoms. The van der Waals surface area contributed by atoms with E-state index in [0.29, 0.717) is 17.7 Å². The van der Waals surface area contributed by atoms with E-state index in [1.165, 1.54) is 12.0 Å². The van der Waals surface area contributed by atoms with E-state index in [0.717, 1.165) is 5.57 Å². The number of carbonyl (C=O) groups is 2. The summed E-state index contributed by atoms with van der Waals surface area (Å²) in [6.07, 6.45) is 3.90. The Labute approximate surface area is 122 Å². The zero-order valence-corrected chi connectivity index (χ0v) is 12.1. The number of aliphatic carboxylic acids is 1. The molecule has 0 aromatic rings. The molecule has 0 radical (unpaired) electrons. The fraction of sp³-hybridized carbons (Fsp3) is 0.429. The number of alkyl halides is 1. The first-order chi connectivity index (χ1) is 9.29. The molecule has 5 nitrogen and oxygen atoms in total. The first-order valence-electron chi connectivity index (χ1n) is 6.16. The molecular weight excluding hydrogens is 282 g/mol. The van der Waals surface area contributed by atoms with Crippen LogP contribution >= 0.6 is 11.6 Å². The number of carboxylic acids is 1. The van der Waals surface area contributed by atoms with Crippen molar-refractivity contribution in [2.24, 2.45) is 0 Å². The third-order valence-corrected chi connectivity index (χ3v) is 3.94. The molecule has 2 atom stereocenters. The van der Waals surface area contributed by atoms with Gasteiger partial charge < -0.3 is 9.84 Å². The van der Waals surface area contributed by atoms with E-state index in [-0.39, 0.29) is 12.3 Å². The molecule has 1 N–H and O–H groups in total. The van der Waals surface area contributed by atoms with Crippen LogP contribution in [-0.4, -0.2) is 40.1 Å². The van der Waals surface area contributed by atoms with Crippen molar-refractivity contribution in [2.45, 2.75) is 30.9 Å². The van der Waals surface area contributed by atoms with Gasteiger partial charge in [-0.15, -0.1) is 0 Å². The molecule has 0 bridgehead atoms. The van der Waals surface area contributed by atoms with Crippen molar-refractivity contribution < 1.29 is 19.4 Å². The molecule has 0 saturated heterocycles. The van der Waals surface area contributed by atoms with Gasteiger partial charge >= 0.3 is 5.97 Å². The lowest BCUT2D eigenvalue weighted by Gasteiger charge is -2.28. The molecule has 6 heteroatoms. The number of rotatable bonds is 3. The Bertz CT molecular complexity index is 551. The smallest absolute Gasteiger partial charge is 0.327 e.